The van der Waals surface area contributed by atoms with Gasteiger partial charge in [-0.3, -0.25) is 9.69 Å². The molecule has 0 unspecified atom stereocenters. The maximum atomic E-state index is 12.2. The number of nitrogens with one attached hydrogen (secondary N) is 1. The van der Waals surface area contributed by atoms with Crippen LogP contribution < -0.4 is 0 Å². The number of ketones is 1. The number of carbonyl (C=O) groups is 1. The van der Waals surface area contributed by atoms with E-state index in [0.29, 0.717) is 12.6 Å². The number of piperidine rings is 1. The number of likely N-dealkylation sites (tertiary alicyclic amines) is 1. The maximum Gasteiger partial charge on any atom is 0.192 e. The fraction of sp³-hybridized carbons (Fsp3) is 0.667. The summed E-state index contributed by atoms with van der Waals surface area (Å²) in [6, 6.07) is 4.45. The fourth-order valence-electron chi connectivity index (χ4n) is 3.70. The molecule has 1 aromatic rings. The average Bonchev–Trinajstić information content (AvgIpc) is 2.93. The zero-order valence-corrected chi connectivity index (χ0v) is 10.9. The minimum absolute atomic E-state index is 0.242. The van der Waals surface area contributed by atoms with Gasteiger partial charge in [-0.05, 0) is 50.3 Å². The van der Waals surface area contributed by atoms with Crippen LogP contribution in [0.3, 0.4) is 0 Å². The van der Waals surface area contributed by atoms with Gasteiger partial charge in [0.05, 0.1) is 12.2 Å². The summed E-state index contributed by atoms with van der Waals surface area (Å²) in [4.78, 5) is 17.6. The molecule has 1 aliphatic heterocycles. The van der Waals surface area contributed by atoms with Crippen molar-refractivity contribution in [2.45, 2.75) is 44.6 Å². The highest BCUT2D eigenvalue weighted by Gasteiger charge is 2.33. The first-order chi connectivity index (χ1) is 8.84. The highest BCUT2D eigenvalue weighted by Crippen LogP contribution is 2.35. The number of aromatic amines is 1. The standard InChI is InChI=1S/C15H22N2O/c18-15(13-7-3-9-16-13)11-17-10-4-6-12-5-1-2-8-14(12)17/h3,7,9,12,14,16H,1-2,4-6,8,10-11H2/t12-,14-/m1/s1. The summed E-state index contributed by atoms with van der Waals surface area (Å²) in [5.41, 5.74) is 0.757. The zero-order valence-electron chi connectivity index (χ0n) is 10.9. The van der Waals surface area contributed by atoms with Gasteiger partial charge in [0, 0.05) is 12.2 Å². The van der Waals surface area contributed by atoms with Crippen LogP contribution in [0.1, 0.15) is 49.0 Å². The molecule has 0 bridgehead atoms. The van der Waals surface area contributed by atoms with E-state index in [4.69, 9.17) is 0 Å². The van der Waals surface area contributed by atoms with Crippen LogP contribution in [-0.2, 0) is 0 Å². The van der Waals surface area contributed by atoms with E-state index in [0.717, 1.165) is 18.2 Å². The van der Waals surface area contributed by atoms with Crippen molar-refractivity contribution in [1.29, 1.82) is 0 Å². The van der Waals surface area contributed by atoms with Gasteiger partial charge in [-0.15, -0.1) is 0 Å². The van der Waals surface area contributed by atoms with Crippen molar-refractivity contribution < 1.29 is 4.79 Å². The van der Waals surface area contributed by atoms with Gasteiger partial charge in [-0.1, -0.05) is 12.8 Å². The Labute approximate surface area is 109 Å². The number of aromatic nitrogens is 1. The predicted molar refractivity (Wildman–Crippen MR) is 71.7 cm³/mol. The van der Waals surface area contributed by atoms with Crippen molar-refractivity contribution in [2.75, 3.05) is 13.1 Å². The minimum atomic E-state index is 0.242. The molecule has 1 saturated carbocycles. The lowest BCUT2D eigenvalue weighted by Crippen LogP contribution is -2.48. The molecule has 98 valence electrons. The number of hydrogen-bond acceptors (Lipinski definition) is 2. The first-order valence-corrected chi connectivity index (χ1v) is 7.25. The largest absolute Gasteiger partial charge is 0.359 e. The average molecular weight is 246 g/mol. The van der Waals surface area contributed by atoms with Crippen molar-refractivity contribution in [3.63, 3.8) is 0 Å². The Kier molecular flexibility index (Phi) is 3.50. The molecule has 1 aromatic heterocycles. The number of fused-ring (bicyclic) bond motifs is 1. The van der Waals surface area contributed by atoms with Crippen molar-refractivity contribution >= 4 is 5.78 Å². The molecule has 1 aliphatic carbocycles. The molecule has 3 nitrogen and oxygen atoms in total. The molecule has 18 heavy (non-hydrogen) atoms. The Hall–Kier alpha value is -1.09. The van der Waals surface area contributed by atoms with Crippen LogP contribution in [-0.4, -0.2) is 34.8 Å². The first kappa shape index (κ1) is 12.0. The maximum absolute atomic E-state index is 12.2. The number of hydrogen-bond donors (Lipinski definition) is 1. The van der Waals surface area contributed by atoms with E-state index >= 15 is 0 Å². The van der Waals surface area contributed by atoms with Crippen LogP contribution >= 0.6 is 0 Å². The third-order valence-electron chi connectivity index (χ3n) is 4.60. The van der Waals surface area contributed by atoms with E-state index in [2.05, 4.69) is 9.88 Å². The third-order valence-corrected chi connectivity index (χ3v) is 4.60. The highest BCUT2D eigenvalue weighted by atomic mass is 16.1. The predicted octanol–water partition coefficient (Wildman–Crippen LogP) is 2.85. The van der Waals surface area contributed by atoms with E-state index < -0.39 is 0 Å². The lowest BCUT2D eigenvalue weighted by atomic mass is 9.78. The van der Waals surface area contributed by atoms with Gasteiger partial charge >= 0.3 is 0 Å². The van der Waals surface area contributed by atoms with E-state index in [-0.39, 0.29) is 5.78 Å². The van der Waals surface area contributed by atoms with E-state index in [9.17, 15) is 4.79 Å². The van der Waals surface area contributed by atoms with E-state index in [1.54, 1.807) is 0 Å². The van der Waals surface area contributed by atoms with Crippen LogP contribution in [0.4, 0.5) is 0 Å². The number of H-pyrrole nitrogens is 1. The molecular formula is C15H22N2O. The van der Waals surface area contributed by atoms with Gasteiger partial charge in [-0.2, -0.15) is 0 Å². The quantitative estimate of drug-likeness (QED) is 0.832. The Morgan fingerprint density at radius 3 is 2.94 bits per heavy atom. The molecule has 2 atom stereocenters. The van der Waals surface area contributed by atoms with E-state index in [1.165, 1.54) is 38.5 Å². The fourth-order valence-corrected chi connectivity index (χ4v) is 3.70. The van der Waals surface area contributed by atoms with Crippen molar-refractivity contribution in [1.82, 2.24) is 9.88 Å². The van der Waals surface area contributed by atoms with Crippen LogP contribution in [0.25, 0.3) is 0 Å². The number of nitrogens with zero attached hydrogens (tertiary/aromatic N) is 1. The van der Waals surface area contributed by atoms with Crippen molar-refractivity contribution in [2.24, 2.45) is 5.92 Å². The second-order valence-corrected chi connectivity index (χ2v) is 5.73. The SMILES string of the molecule is O=C(CN1CCC[C@H]2CCCC[C@H]21)c1ccc[nH]1. The summed E-state index contributed by atoms with van der Waals surface area (Å²) < 4.78 is 0. The molecule has 2 aliphatic rings. The Morgan fingerprint density at radius 2 is 2.11 bits per heavy atom. The first-order valence-electron chi connectivity index (χ1n) is 7.25. The van der Waals surface area contributed by atoms with Gasteiger partial charge in [0.2, 0.25) is 0 Å². The minimum Gasteiger partial charge on any atom is -0.359 e. The van der Waals surface area contributed by atoms with E-state index in [1.807, 2.05) is 18.3 Å². The summed E-state index contributed by atoms with van der Waals surface area (Å²) in [5, 5.41) is 0. The zero-order chi connectivity index (χ0) is 12.4. The molecule has 0 amide bonds. The molecule has 2 fully saturated rings. The van der Waals surface area contributed by atoms with Gasteiger partial charge in [0.15, 0.2) is 5.78 Å². The molecular weight excluding hydrogens is 224 g/mol. The van der Waals surface area contributed by atoms with Gasteiger partial charge < -0.3 is 4.98 Å². The molecule has 0 radical (unpaired) electrons. The topological polar surface area (TPSA) is 36.1 Å². The van der Waals surface area contributed by atoms with Crippen LogP contribution in [0.5, 0.6) is 0 Å². The second-order valence-electron chi connectivity index (χ2n) is 5.73. The smallest absolute Gasteiger partial charge is 0.192 e. The van der Waals surface area contributed by atoms with Gasteiger partial charge in [-0.25, -0.2) is 0 Å². The lowest BCUT2D eigenvalue weighted by Gasteiger charge is -2.43. The molecule has 0 spiro atoms. The normalized spacial score (nSPS) is 28.9. The number of Topliss-reactive ketones (excluding diaryl/α,β-unsaturated/α-hetero) is 1. The Bertz CT molecular complexity index is 397. The van der Waals surface area contributed by atoms with Crippen LogP contribution in [0.2, 0.25) is 0 Å². The lowest BCUT2D eigenvalue weighted by molar-refractivity contribution is 0.0537. The molecule has 3 rings (SSSR count). The van der Waals surface area contributed by atoms with Crippen molar-refractivity contribution in [3.8, 4) is 0 Å². The van der Waals surface area contributed by atoms with Crippen LogP contribution in [0.15, 0.2) is 18.3 Å². The molecule has 3 heteroatoms. The third kappa shape index (κ3) is 2.37. The molecule has 2 heterocycles. The summed E-state index contributed by atoms with van der Waals surface area (Å²) in [5.74, 6) is 1.09. The molecule has 0 aromatic carbocycles. The van der Waals surface area contributed by atoms with Crippen LogP contribution in [0, 0.1) is 5.92 Å². The molecule has 1 N–H and O–H groups in total. The second kappa shape index (κ2) is 5.27. The molecule has 1 saturated heterocycles. The number of carbonyl (C=O) groups excluding carboxylic acids is 1. The monoisotopic (exact) mass is 246 g/mol. The van der Waals surface area contributed by atoms with Gasteiger partial charge in [0.1, 0.15) is 0 Å². The summed E-state index contributed by atoms with van der Waals surface area (Å²) in [6.45, 7) is 1.70. The highest BCUT2D eigenvalue weighted by molar-refractivity contribution is 5.95. The number of rotatable bonds is 3. The summed E-state index contributed by atoms with van der Waals surface area (Å²) in [6.07, 6.45) is 9.86. The van der Waals surface area contributed by atoms with Gasteiger partial charge in [0.25, 0.3) is 0 Å². The summed E-state index contributed by atoms with van der Waals surface area (Å²) >= 11 is 0. The Balaban J connectivity index is 1.66. The Morgan fingerprint density at radius 1 is 1.28 bits per heavy atom. The summed E-state index contributed by atoms with van der Waals surface area (Å²) in [7, 11) is 0. The van der Waals surface area contributed by atoms with Crippen molar-refractivity contribution in [3.05, 3.63) is 24.0 Å².